The molecule has 2 atom stereocenters. The van der Waals surface area contributed by atoms with Gasteiger partial charge >= 0.3 is 0 Å². The number of carbonyl (C=O) groups is 1. The number of anilines is 1. The van der Waals surface area contributed by atoms with Crippen LogP contribution in [0.3, 0.4) is 0 Å². The SMILES string of the molecule is CCC(OC)N1CCCC2(C1)C(=O)Nc1ccccc12.Cl. The van der Waals surface area contributed by atoms with Gasteiger partial charge in [0, 0.05) is 25.9 Å². The summed E-state index contributed by atoms with van der Waals surface area (Å²) in [4.78, 5) is 14.9. The largest absolute Gasteiger partial charge is 0.366 e. The minimum atomic E-state index is -0.388. The van der Waals surface area contributed by atoms with Gasteiger partial charge < -0.3 is 10.1 Å². The van der Waals surface area contributed by atoms with E-state index in [9.17, 15) is 4.79 Å². The van der Waals surface area contributed by atoms with Crippen molar-refractivity contribution in [3.63, 3.8) is 0 Å². The van der Waals surface area contributed by atoms with Gasteiger partial charge in [-0.1, -0.05) is 25.1 Å². The Hall–Kier alpha value is -1.10. The van der Waals surface area contributed by atoms with E-state index in [4.69, 9.17) is 4.74 Å². The number of carbonyl (C=O) groups excluding carboxylic acids is 1. The molecule has 0 radical (unpaired) electrons. The number of hydrogen-bond acceptors (Lipinski definition) is 3. The molecule has 1 fully saturated rings. The number of piperidine rings is 1. The Labute approximate surface area is 132 Å². The highest BCUT2D eigenvalue weighted by Gasteiger charge is 2.49. The van der Waals surface area contributed by atoms with Gasteiger partial charge in [0.2, 0.25) is 5.91 Å². The van der Waals surface area contributed by atoms with Gasteiger partial charge in [0.1, 0.15) is 6.23 Å². The number of methoxy groups -OCH3 is 1. The lowest BCUT2D eigenvalue weighted by Gasteiger charge is -2.42. The van der Waals surface area contributed by atoms with Crippen molar-refractivity contribution < 1.29 is 9.53 Å². The summed E-state index contributed by atoms with van der Waals surface area (Å²) in [5.74, 6) is 0.148. The third-order valence-electron chi connectivity index (χ3n) is 4.68. The van der Waals surface area contributed by atoms with Crippen LogP contribution in [0, 0.1) is 0 Å². The number of likely N-dealkylation sites (tertiary alicyclic amines) is 1. The Morgan fingerprint density at radius 3 is 2.90 bits per heavy atom. The fourth-order valence-electron chi connectivity index (χ4n) is 3.69. The first-order valence-corrected chi connectivity index (χ1v) is 7.39. The van der Waals surface area contributed by atoms with Crippen LogP contribution in [0.25, 0.3) is 0 Å². The number of hydrogen-bond donors (Lipinski definition) is 1. The summed E-state index contributed by atoms with van der Waals surface area (Å²) in [6, 6.07) is 8.08. The zero-order chi connectivity index (χ0) is 14.2. The first-order valence-electron chi connectivity index (χ1n) is 7.39. The summed E-state index contributed by atoms with van der Waals surface area (Å²) >= 11 is 0. The molecule has 116 valence electrons. The Morgan fingerprint density at radius 1 is 1.43 bits per heavy atom. The minimum absolute atomic E-state index is 0. The molecule has 1 saturated heterocycles. The molecule has 21 heavy (non-hydrogen) atoms. The molecule has 2 aliphatic heterocycles. The van der Waals surface area contributed by atoms with E-state index >= 15 is 0 Å². The molecule has 4 nitrogen and oxygen atoms in total. The molecular formula is C16H23ClN2O2. The van der Waals surface area contributed by atoms with Crippen LogP contribution in [0.2, 0.25) is 0 Å². The first kappa shape index (κ1) is 16.3. The number of para-hydroxylation sites is 1. The van der Waals surface area contributed by atoms with Gasteiger partial charge in [-0.15, -0.1) is 12.4 Å². The van der Waals surface area contributed by atoms with E-state index in [-0.39, 0.29) is 30.0 Å². The van der Waals surface area contributed by atoms with Crippen molar-refractivity contribution in [2.75, 3.05) is 25.5 Å². The van der Waals surface area contributed by atoms with Crippen LogP contribution in [-0.2, 0) is 14.9 Å². The molecule has 2 heterocycles. The second-order valence-electron chi connectivity index (χ2n) is 5.75. The quantitative estimate of drug-likeness (QED) is 0.933. The highest BCUT2D eigenvalue weighted by molar-refractivity contribution is 6.06. The van der Waals surface area contributed by atoms with Gasteiger partial charge in [-0.05, 0) is 30.9 Å². The molecule has 1 N–H and O–H groups in total. The molecule has 3 rings (SSSR count). The van der Waals surface area contributed by atoms with E-state index in [2.05, 4.69) is 23.2 Å². The average Bonchev–Trinajstić information content (AvgIpc) is 2.74. The number of rotatable bonds is 3. The van der Waals surface area contributed by atoms with Crippen LogP contribution >= 0.6 is 12.4 Å². The van der Waals surface area contributed by atoms with E-state index in [0.717, 1.165) is 43.6 Å². The molecule has 5 heteroatoms. The number of ether oxygens (including phenoxy) is 1. The van der Waals surface area contributed by atoms with Gasteiger partial charge in [0.05, 0.1) is 5.41 Å². The van der Waals surface area contributed by atoms with E-state index in [1.165, 1.54) is 0 Å². The molecule has 0 bridgehead atoms. The number of amides is 1. The zero-order valence-corrected chi connectivity index (χ0v) is 13.4. The summed E-state index contributed by atoms with van der Waals surface area (Å²) in [5, 5.41) is 3.05. The predicted octanol–water partition coefficient (Wildman–Crippen LogP) is 2.78. The summed E-state index contributed by atoms with van der Waals surface area (Å²) < 4.78 is 5.56. The van der Waals surface area contributed by atoms with Gasteiger partial charge in [0.25, 0.3) is 0 Å². The van der Waals surface area contributed by atoms with Crippen LogP contribution < -0.4 is 5.32 Å². The smallest absolute Gasteiger partial charge is 0.236 e. The Morgan fingerprint density at radius 2 is 2.19 bits per heavy atom. The normalized spacial score (nSPS) is 26.1. The van der Waals surface area contributed by atoms with Crippen LogP contribution in [0.5, 0.6) is 0 Å². The monoisotopic (exact) mass is 310 g/mol. The van der Waals surface area contributed by atoms with Crippen LogP contribution in [0.1, 0.15) is 31.7 Å². The second-order valence-corrected chi connectivity index (χ2v) is 5.75. The fourth-order valence-corrected chi connectivity index (χ4v) is 3.69. The standard InChI is InChI=1S/C16H22N2O2.ClH/c1-3-14(20-2)18-10-6-9-16(11-18)12-7-4-5-8-13(12)17-15(16)19;/h4-5,7-8,14H,3,6,9-11H2,1-2H3,(H,17,19);1H. The first-order chi connectivity index (χ1) is 9.71. The number of nitrogens with zero attached hydrogens (tertiary/aromatic N) is 1. The van der Waals surface area contributed by atoms with Gasteiger partial charge in [-0.25, -0.2) is 0 Å². The molecule has 1 spiro atoms. The van der Waals surface area contributed by atoms with E-state index in [0.29, 0.717) is 0 Å². The summed E-state index contributed by atoms with van der Waals surface area (Å²) in [6.07, 6.45) is 3.00. The predicted molar refractivity (Wildman–Crippen MR) is 85.9 cm³/mol. The Kier molecular flexibility index (Phi) is 4.91. The van der Waals surface area contributed by atoms with Crippen LogP contribution in [-0.4, -0.2) is 37.2 Å². The molecule has 0 aliphatic carbocycles. The van der Waals surface area contributed by atoms with Gasteiger partial charge in [-0.2, -0.15) is 0 Å². The van der Waals surface area contributed by atoms with Crippen LogP contribution in [0.4, 0.5) is 5.69 Å². The second kappa shape index (κ2) is 6.34. The van der Waals surface area contributed by atoms with Gasteiger partial charge in [-0.3, -0.25) is 9.69 Å². The highest BCUT2D eigenvalue weighted by Crippen LogP contribution is 2.44. The molecule has 1 amide bonds. The lowest BCUT2D eigenvalue weighted by molar-refractivity contribution is -0.126. The topological polar surface area (TPSA) is 41.6 Å². The lowest BCUT2D eigenvalue weighted by Crippen LogP contribution is -2.53. The van der Waals surface area contributed by atoms with E-state index < -0.39 is 0 Å². The number of nitrogens with one attached hydrogen (secondary N) is 1. The molecular weight excluding hydrogens is 288 g/mol. The Balaban J connectivity index is 0.00000161. The molecule has 1 aromatic carbocycles. The highest BCUT2D eigenvalue weighted by atomic mass is 35.5. The molecule has 1 aromatic rings. The third kappa shape index (κ3) is 2.56. The summed E-state index contributed by atoms with van der Waals surface area (Å²) in [6.45, 7) is 3.88. The lowest BCUT2D eigenvalue weighted by atomic mass is 9.75. The molecule has 2 unspecified atom stereocenters. The number of halogens is 1. The molecule has 0 saturated carbocycles. The van der Waals surface area contributed by atoms with Gasteiger partial charge in [0.15, 0.2) is 0 Å². The molecule has 0 aromatic heterocycles. The zero-order valence-electron chi connectivity index (χ0n) is 12.6. The van der Waals surface area contributed by atoms with E-state index in [1.807, 2.05) is 18.2 Å². The summed E-state index contributed by atoms with van der Waals surface area (Å²) in [7, 11) is 1.75. The summed E-state index contributed by atoms with van der Waals surface area (Å²) in [5.41, 5.74) is 1.74. The van der Waals surface area contributed by atoms with E-state index in [1.54, 1.807) is 7.11 Å². The maximum atomic E-state index is 12.6. The van der Waals surface area contributed by atoms with Crippen molar-refractivity contribution in [2.24, 2.45) is 0 Å². The number of fused-ring (bicyclic) bond motifs is 2. The van der Waals surface area contributed by atoms with Crippen LogP contribution in [0.15, 0.2) is 24.3 Å². The van der Waals surface area contributed by atoms with Crippen molar-refractivity contribution in [3.8, 4) is 0 Å². The van der Waals surface area contributed by atoms with Crippen molar-refractivity contribution >= 4 is 24.0 Å². The molecule has 2 aliphatic rings. The van der Waals surface area contributed by atoms with Crippen molar-refractivity contribution in [1.82, 2.24) is 4.90 Å². The van der Waals surface area contributed by atoms with Crippen molar-refractivity contribution in [3.05, 3.63) is 29.8 Å². The van der Waals surface area contributed by atoms with Crippen molar-refractivity contribution in [2.45, 2.75) is 37.8 Å². The maximum absolute atomic E-state index is 12.6. The fraction of sp³-hybridized carbons (Fsp3) is 0.562. The maximum Gasteiger partial charge on any atom is 0.236 e. The number of benzene rings is 1. The minimum Gasteiger partial charge on any atom is -0.366 e. The Bertz CT molecular complexity index is 519. The third-order valence-corrected chi connectivity index (χ3v) is 4.68. The van der Waals surface area contributed by atoms with Crippen molar-refractivity contribution in [1.29, 1.82) is 0 Å². The average molecular weight is 311 g/mol.